The van der Waals surface area contributed by atoms with E-state index in [9.17, 15) is 14.8 Å². The van der Waals surface area contributed by atoms with Crippen LogP contribution in [0.2, 0.25) is 0 Å². The summed E-state index contributed by atoms with van der Waals surface area (Å²) in [6.45, 7) is 4.54. The second-order valence-electron chi connectivity index (χ2n) is 5.88. The van der Waals surface area contributed by atoms with Gasteiger partial charge in [-0.3, -0.25) is 0 Å². The van der Waals surface area contributed by atoms with Crippen LogP contribution in [0.5, 0.6) is 0 Å². The van der Waals surface area contributed by atoms with E-state index >= 15 is 0 Å². The lowest BCUT2D eigenvalue weighted by Gasteiger charge is -2.65. The van der Waals surface area contributed by atoms with E-state index in [1.807, 2.05) is 0 Å². The average Bonchev–Trinajstić information content (AvgIpc) is 2.29. The van der Waals surface area contributed by atoms with Crippen LogP contribution in [0.3, 0.4) is 0 Å². The molecule has 1 aromatic rings. The first-order valence-corrected chi connectivity index (χ1v) is 7.86. The van der Waals surface area contributed by atoms with Crippen molar-refractivity contribution in [2.75, 3.05) is 6.54 Å². The van der Waals surface area contributed by atoms with E-state index in [0.717, 1.165) is 0 Å². The molecule has 112 valence electrons. The minimum Gasteiger partial charge on any atom is -0.631 e. The Morgan fingerprint density at radius 2 is 2.00 bits per heavy atom. The first-order valence-electron chi connectivity index (χ1n) is 6.19. The Labute approximate surface area is 130 Å². The van der Waals surface area contributed by atoms with Gasteiger partial charge in [-0.05, 0) is 39.0 Å². The summed E-state index contributed by atoms with van der Waals surface area (Å²) in [7, 11) is 0. The van der Waals surface area contributed by atoms with Crippen molar-refractivity contribution in [3.05, 3.63) is 44.5 Å². The van der Waals surface area contributed by atoms with Crippen LogP contribution in [-0.2, 0) is 4.75 Å². The van der Waals surface area contributed by atoms with Gasteiger partial charge in [0.05, 0.1) is 11.3 Å². The quantitative estimate of drug-likeness (QED) is 0.612. The maximum atomic E-state index is 14.1. The van der Waals surface area contributed by atoms with Crippen molar-refractivity contribution in [1.82, 2.24) is 0 Å². The summed E-state index contributed by atoms with van der Waals surface area (Å²) < 4.78 is 13.8. The van der Waals surface area contributed by atoms with Crippen LogP contribution < -0.4 is 5.73 Å². The molecule has 0 amide bonds. The summed E-state index contributed by atoms with van der Waals surface area (Å²) in [5, 5.41) is 24.0. The van der Waals surface area contributed by atoms with Crippen molar-refractivity contribution in [2.45, 2.75) is 36.4 Å². The van der Waals surface area contributed by atoms with E-state index in [2.05, 4.69) is 15.9 Å². The predicted octanol–water partition coefficient (Wildman–Crippen LogP) is 3.43. The van der Waals surface area contributed by atoms with Crippen molar-refractivity contribution in [3.63, 3.8) is 0 Å². The summed E-state index contributed by atoms with van der Waals surface area (Å²) in [5.74, 6) is -0.435. The van der Waals surface area contributed by atoms with Gasteiger partial charge in [0.25, 0.3) is 0 Å². The van der Waals surface area contributed by atoms with E-state index in [-0.39, 0.29) is 6.54 Å². The van der Waals surface area contributed by atoms with Gasteiger partial charge < -0.3 is 21.0 Å². The van der Waals surface area contributed by atoms with Crippen molar-refractivity contribution in [3.8, 4) is 0 Å². The van der Waals surface area contributed by atoms with Crippen LogP contribution in [0.1, 0.15) is 26.3 Å². The molecule has 1 saturated heterocycles. The Bertz CT molecular complexity index is 541. The Kier molecular flexibility index (Phi) is 3.99. The summed E-state index contributed by atoms with van der Waals surface area (Å²) in [6, 6.07) is 4.50. The van der Waals surface area contributed by atoms with Crippen LogP contribution >= 0.6 is 27.7 Å². The number of hydroxylamine groups is 4. The number of hydrogen-bond donors (Lipinski definition) is 1. The molecule has 0 saturated carbocycles. The molecule has 1 aliphatic rings. The van der Waals surface area contributed by atoms with Gasteiger partial charge in [-0.25, -0.2) is 4.39 Å². The highest BCUT2D eigenvalue weighted by Gasteiger charge is 2.51. The van der Waals surface area contributed by atoms with Crippen molar-refractivity contribution < 1.29 is 9.20 Å². The molecule has 1 heterocycles. The Balaban J connectivity index is 2.49. The van der Waals surface area contributed by atoms with Crippen LogP contribution in [0, 0.1) is 16.2 Å². The number of thioether (sulfide) groups is 1. The summed E-state index contributed by atoms with van der Waals surface area (Å²) >= 11 is 4.56. The highest BCUT2D eigenvalue weighted by molar-refractivity contribution is 9.10. The van der Waals surface area contributed by atoms with Crippen LogP contribution in [0.15, 0.2) is 22.7 Å². The fourth-order valence-corrected chi connectivity index (χ4v) is 4.21. The summed E-state index contributed by atoms with van der Waals surface area (Å²) in [5.41, 5.74) is 5.17. The van der Waals surface area contributed by atoms with Gasteiger partial charge in [-0.2, -0.15) is 0 Å². The van der Waals surface area contributed by atoms with Crippen LogP contribution in [0.4, 0.5) is 4.39 Å². The Morgan fingerprint density at radius 3 is 2.55 bits per heavy atom. The molecule has 1 fully saturated rings. The fourth-order valence-electron chi connectivity index (χ4n) is 2.31. The van der Waals surface area contributed by atoms with Gasteiger partial charge >= 0.3 is 0 Å². The molecule has 2 rings (SSSR count). The van der Waals surface area contributed by atoms with Gasteiger partial charge in [0.15, 0.2) is 0 Å². The monoisotopic (exact) mass is 363 g/mol. The van der Waals surface area contributed by atoms with E-state index < -0.39 is 26.3 Å². The molecule has 2 N–H and O–H groups in total. The molecule has 1 unspecified atom stereocenters. The first kappa shape index (κ1) is 16.2. The van der Waals surface area contributed by atoms with E-state index in [1.54, 1.807) is 32.9 Å². The SMILES string of the molecule is CC1(c2cc(Br)ccc2F)C[N+]([O-])([O-])C(C)(C)[C@H](N)S1. The summed E-state index contributed by atoms with van der Waals surface area (Å²) in [4.78, 5) is -1.73. The van der Waals surface area contributed by atoms with E-state index in [1.165, 1.54) is 17.8 Å². The summed E-state index contributed by atoms with van der Waals surface area (Å²) in [6.07, 6.45) is 0. The van der Waals surface area contributed by atoms with Crippen LogP contribution in [0.25, 0.3) is 0 Å². The van der Waals surface area contributed by atoms with E-state index in [4.69, 9.17) is 5.73 Å². The molecule has 0 spiro atoms. The maximum absolute atomic E-state index is 14.1. The minimum absolute atomic E-state index is 0.272. The van der Waals surface area contributed by atoms with Gasteiger partial charge in [-0.15, -0.1) is 11.8 Å². The average molecular weight is 364 g/mol. The molecular formula is C13H17BrFN2O2S-. The number of nitrogens with zero attached hydrogens (tertiary/aromatic N) is 1. The van der Waals surface area contributed by atoms with Crippen molar-refractivity contribution in [2.24, 2.45) is 5.73 Å². The van der Waals surface area contributed by atoms with Gasteiger partial charge in [-0.1, -0.05) is 15.9 Å². The number of rotatable bonds is 1. The number of benzene rings is 1. The topological polar surface area (TPSA) is 72.1 Å². The van der Waals surface area contributed by atoms with Gasteiger partial charge in [0.1, 0.15) is 16.7 Å². The van der Waals surface area contributed by atoms with Gasteiger partial charge in [0.2, 0.25) is 0 Å². The molecule has 7 heteroatoms. The number of hydrogen-bond acceptors (Lipinski definition) is 4. The van der Waals surface area contributed by atoms with E-state index in [0.29, 0.717) is 10.0 Å². The Morgan fingerprint density at radius 1 is 1.40 bits per heavy atom. The smallest absolute Gasteiger partial charge is 0.128 e. The minimum atomic E-state index is -1.73. The molecule has 4 nitrogen and oxygen atoms in total. The molecule has 2 atom stereocenters. The predicted molar refractivity (Wildman–Crippen MR) is 83.0 cm³/mol. The zero-order chi connectivity index (χ0) is 15.3. The highest BCUT2D eigenvalue weighted by atomic mass is 79.9. The fraction of sp³-hybridized carbons (Fsp3) is 0.538. The number of halogens is 2. The maximum Gasteiger partial charge on any atom is 0.128 e. The second kappa shape index (κ2) is 4.93. The molecule has 1 aromatic carbocycles. The molecule has 20 heavy (non-hydrogen) atoms. The molecule has 0 aromatic heterocycles. The van der Waals surface area contributed by atoms with Crippen LogP contribution in [-0.4, -0.2) is 22.3 Å². The third kappa shape index (κ3) is 2.51. The molecule has 1 aliphatic heterocycles. The normalized spacial score (nSPS) is 32.1. The molecule has 0 aliphatic carbocycles. The zero-order valence-corrected chi connectivity index (χ0v) is 13.9. The lowest BCUT2D eigenvalue weighted by molar-refractivity contribution is -0.885. The lowest BCUT2D eigenvalue weighted by Crippen LogP contribution is -2.68. The van der Waals surface area contributed by atoms with Crippen molar-refractivity contribution >= 4 is 27.7 Å². The standard InChI is InChI=1S/C13H17BrFN2O2S/c1-12(2)11(16)20-13(3,7-17(12,18)19)9-6-8(14)4-5-10(9)15/h4-6,11H,7,16H2,1-3H3/q-1/t11-,13?/m1/s1. The van der Waals surface area contributed by atoms with Crippen molar-refractivity contribution in [1.29, 1.82) is 0 Å². The Hall–Kier alpha value is -0.180. The van der Waals surface area contributed by atoms with Gasteiger partial charge in [0, 0.05) is 10.0 Å². The largest absolute Gasteiger partial charge is 0.631 e. The number of nitrogens with two attached hydrogens (primary N) is 1. The highest BCUT2D eigenvalue weighted by Crippen LogP contribution is 2.50. The third-order valence-electron chi connectivity index (χ3n) is 3.97. The molecule has 0 bridgehead atoms. The number of quaternary nitrogens is 1. The molecule has 0 radical (unpaired) electrons. The lowest BCUT2D eigenvalue weighted by atomic mass is 9.95. The second-order valence-corrected chi connectivity index (χ2v) is 8.44. The molecular weight excluding hydrogens is 347 g/mol. The first-order chi connectivity index (χ1) is 8.99. The third-order valence-corrected chi connectivity index (χ3v) is 6.16. The zero-order valence-electron chi connectivity index (χ0n) is 11.5.